The maximum atomic E-state index is 13.4. The molecule has 2 amide bonds. The van der Waals surface area contributed by atoms with Gasteiger partial charge in [0.25, 0.3) is 0 Å². The van der Waals surface area contributed by atoms with Crippen LogP contribution in [0.2, 0.25) is 0 Å². The van der Waals surface area contributed by atoms with Crippen molar-refractivity contribution >= 4 is 27.5 Å². The van der Waals surface area contributed by atoms with E-state index in [9.17, 15) is 22.8 Å². The summed E-state index contributed by atoms with van der Waals surface area (Å²) in [4.78, 5) is 38.0. The third-order valence-corrected chi connectivity index (χ3v) is 8.48. The van der Waals surface area contributed by atoms with Crippen molar-refractivity contribution in [2.75, 3.05) is 33.2 Å². The van der Waals surface area contributed by atoms with Gasteiger partial charge in [0.2, 0.25) is 33.0 Å². The van der Waals surface area contributed by atoms with Crippen molar-refractivity contribution in [1.82, 2.24) is 10.6 Å². The zero-order chi connectivity index (χ0) is 32.7. The molecule has 0 spiro atoms. The Balaban J connectivity index is 1.52. The van der Waals surface area contributed by atoms with Crippen LogP contribution in [0.25, 0.3) is 11.1 Å². The van der Waals surface area contributed by atoms with E-state index < -0.39 is 16.1 Å². The minimum absolute atomic E-state index is 0.000974. The molecule has 3 aromatic carbocycles. The Morgan fingerprint density at radius 3 is 2.31 bits per heavy atom. The van der Waals surface area contributed by atoms with Gasteiger partial charge in [0.1, 0.15) is 0 Å². The van der Waals surface area contributed by atoms with E-state index in [2.05, 4.69) is 16.0 Å². The normalized spacial score (nSPS) is 13.8. The molecule has 12 nitrogen and oxygen atoms in total. The fourth-order valence-corrected chi connectivity index (χ4v) is 5.93. The number of nitrogens with one attached hydrogen (secondary N) is 3. The summed E-state index contributed by atoms with van der Waals surface area (Å²) >= 11 is 0. The number of benzene rings is 2. The molecule has 0 radical (unpaired) electrons. The zero-order valence-electron chi connectivity index (χ0n) is 25.7. The predicted octanol–water partition coefficient (Wildman–Crippen LogP) is 3.02. The molecule has 0 unspecified atom stereocenters. The van der Waals surface area contributed by atoms with Gasteiger partial charge in [0.05, 0.1) is 38.0 Å². The van der Waals surface area contributed by atoms with Crippen LogP contribution in [-0.2, 0) is 32.6 Å². The molecule has 240 valence electrons. The molecule has 0 aliphatic heterocycles. The van der Waals surface area contributed by atoms with Crippen LogP contribution in [0.1, 0.15) is 48.9 Å². The quantitative estimate of drug-likeness (QED) is 0.217. The van der Waals surface area contributed by atoms with Gasteiger partial charge < -0.3 is 30.2 Å². The van der Waals surface area contributed by atoms with Gasteiger partial charge in [0, 0.05) is 32.0 Å². The highest BCUT2D eigenvalue weighted by Gasteiger charge is 2.29. The van der Waals surface area contributed by atoms with E-state index >= 15 is 0 Å². The number of rotatable bonds is 12. The van der Waals surface area contributed by atoms with Gasteiger partial charge in [-0.25, -0.2) is 13.6 Å². The van der Waals surface area contributed by atoms with Crippen LogP contribution in [0, 0.1) is 0 Å². The number of amides is 2. The van der Waals surface area contributed by atoms with Crippen LogP contribution >= 0.6 is 0 Å². The fourth-order valence-electron chi connectivity index (χ4n) is 5.41. The molecule has 4 rings (SSSR count). The summed E-state index contributed by atoms with van der Waals surface area (Å²) in [5.41, 5.74) is 3.88. The lowest BCUT2D eigenvalue weighted by atomic mass is 9.95. The van der Waals surface area contributed by atoms with Gasteiger partial charge in [-0.1, -0.05) is 18.2 Å². The summed E-state index contributed by atoms with van der Waals surface area (Å²) in [6, 6.07) is 12.5. The van der Waals surface area contributed by atoms with Crippen LogP contribution < -0.4 is 40.7 Å². The highest BCUT2D eigenvalue weighted by molar-refractivity contribution is 7.89. The standard InChI is InChI=1S/C32H38N4O8S/c1-19(37)36-25-13-9-21-16-28(42-2)31(43-3)32(44-4)30(21)23-12-14-26(27(38)17-24(23)25)34-15-5-6-29(39)35-18-20-7-10-22(11-8-20)45(33,40)41/h7-8,10-12,14,16-17,25H,5-6,9,13,15,18H2,1-4H3,(H,34,38)(H,35,39)(H,36,37)(H2,33,40,41)/t25-/m1/s1. The van der Waals surface area contributed by atoms with E-state index in [0.29, 0.717) is 54.3 Å². The molecule has 1 aliphatic rings. The summed E-state index contributed by atoms with van der Waals surface area (Å²) in [6.07, 6.45) is 1.81. The van der Waals surface area contributed by atoms with Gasteiger partial charge in [-0.2, -0.15) is 0 Å². The third-order valence-electron chi connectivity index (χ3n) is 7.55. The zero-order valence-corrected chi connectivity index (χ0v) is 26.5. The van der Waals surface area contributed by atoms with Crippen molar-refractivity contribution in [3.63, 3.8) is 0 Å². The van der Waals surface area contributed by atoms with Crippen LogP contribution in [0.3, 0.4) is 0 Å². The van der Waals surface area contributed by atoms with Crippen LogP contribution in [0.4, 0.5) is 5.69 Å². The highest BCUT2D eigenvalue weighted by atomic mass is 32.2. The van der Waals surface area contributed by atoms with E-state index in [4.69, 9.17) is 19.3 Å². The summed E-state index contributed by atoms with van der Waals surface area (Å²) in [5, 5.41) is 14.0. The molecule has 5 N–H and O–H groups in total. The van der Waals surface area contributed by atoms with Crippen molar-refractivity contribution in [2.45, 2.75) is 50.1 Å². The van der Waals surface area contributed by atoms with E-state index in [1.165, 1.54) is 32.2 Å². The maximum Gasteiger partial charge on any atom is 0.238 e. The molecule has 3 aromatic rings. The lowest BCUT2D eigenvalue weighted by molar-refractivity contribution is -0.121. The molecule has 0 aromatic heterocycles. The second-order valence-corrected chi connectivity index (χ2v) is 12.2. The number of nitrogens with two attached hydrogens (primary N) is 1. The van der Waals surface area contributed by atoms with Crippen molar-refractivity contribution in [1.29, 1.82) is 0 Å². The number of hydrogen-bond acceptors (Lipinski definition) is 9. The molecule has 13 heteroatoms. The van der Waals surface area contributed by atoms with Crippen LogP contribution in [0.5, 0.6) is 17.2 Å². The number of aryl methyl sites for hydroxylation is 1. The number of anilines is 1. The topological polar surface area (TPSA) is 175 Å². The molecule has 1 atom stereocenters. The Morgan fingerprint density at radius 2 is 1.69 bits per heavy atom. The predicted molar refractivity (Wildman–Crippen MR) is 170 cm³/mol. The maximum absolute atomic E-state index is 13.4. The van der Waals surface area contributed by atoms with Crippen molar-refractivity contribution in [2.24, 2.45) is 5.14 Å². The van der Waals surface area contributed by atoms with E-state index in [-0.39, 0.29) is 35.1 Å². The van der Waals surface area contributed by atoms with Gasteiger partial charge >= 0.3 is 0 Å². The first-order valence-corrected chi connectivity index (χ1v) is 15.9. The molecule has 0 heterocycles. The van der Waals surface area contributed by atoms with Crippen LogP contribution in [-0.4, -0.2) is 48.1 Å². The van der Waals surface area contributed by atoms with Crippen molar-refractivity contribution in [3.8, 4) is 28.4 Å². The molecular formula is C32H38N4O8S. The number of primary sulfonamides is 1. The average molecular weight is 639 g/mol. The van der Waals surface area contributed by atoms with Crippen molar-refractivity contribution < 1.29 is 32.2 Å². The van der Waals surface area contributed by atoms with E-state index in [1.54, 1.807) is 32.4 Å². The summed E-state index contributed by atoms with van der Waals surface area (Å²) in [7, 11) is 0.846. The van der Waals surface area contributed by atoms with Gasteiger partial charge in [-0.05, 0) is 71.8 Å². The molecule has 1 aliphatic carbocycles. The number of sulfonamides is 1. The Hall–Kier alpha value is -4.62. The van der Waals surface area contributed by atoms with Crippen LogP contribution in [0.15, 0.2) is 58.2 Å². The summed E-state index contributed by atoms with van der Waals surface area (Å²) < 4.78 is 39.8. The number of carbonyl (C=O) groups excluding carboxylic acids is 2. The van der Waals surface area contributed by atoms with Gasteiger partial charge in [-0.15, -0.1) is 0 Å². The first kappa shape index (κ1) is 33.3. The smallest absolute Gasteiger partial charge is 0.238 e. The first-order valence-electron chi connectivity index (χ1n) is 14.4. The molecular weight excluding hydrogens is 600 g/mol. The van der Waals surface area contributed by atoms with E-state index in [0.717, 1.165) is 22.3 Å². The van der Waals surface area contributed by atoms with Gasteiger partial charge in [0.15, 0.2) is 11.5 Å². The minimum Gasteiger partial charge on any atom is -0.493 e. The monoisotopic (exact) mass is 638 g/mol. The number of ether oxygens (including phenoxy) is 3. The minimum atomic E-state index is -3.78. The number of fused-ring (bicyclic) bond motifs is 3. The average Bonchev–Trinajstić information content (AvgIpc) is 3.25. The summed E-state index contributed by atoms with van der Waals surface area (Å²) in [6.45, 7) is 2.04. The summed E-state index contributed by atoms with van der Waals surface area (Å²) in [5.74, 6) is 1.01. The second kappa shape index (κ2) is 14.4. The SMILES string of the molecule is COc1cc2c(c(OC)c1OC)-c1ccc(NCCCC(=O)NCc3ccc(S(N)(=O)=O)cc3)c(=O)cc1[C@H](NC(C)=O)CC2. The number of carbonyl (C=O) groups is 2. The lowest BCUT2D eigenvalue weighted by Gasteiger charge is -2.19. The molecule has 45 heavy (non-hydrogen) atoms. The molecule has 0 saturated carbocycles. The third kappa shape index (κ3) is 7.91. The Kier molecular flexibility index (Phi) is 10.7. The Morgan fingerprint density at radius 1 is 0.978 bits per heavy atom. The fraction of sp³-hybridized carbons (Fsp3) is 0.344. The Labute approximate surface area is 262 Å². The van der Waals surface area contributed by atoms with Gasteiger partial charge in [-0.3, -0.25) is 14.4 Å². The lowest BCUT2D eigenvalue weighted by Crippen LogP contribution is -2.26. The second-order valence-electron chi connectivity index (χ2n) is 10.6. The Bertz CT molecular complexity index is 1740. The van der Waals surface area contributed by atoms with E-state index in [1.807, 2.05) is 12.1 Å². The number of hydrogen-bond donors (Lipinski definition) is 4. The first-order chi connectivity index (χ1) is 21.5. The molecule has 0 saturated heterocycles. The van der Waals surface area contributed by atoms with Crippen molar-refractivity contribution in [3.05, 3.63) is 75.4 Å². The molecule has 0 fully saturated rings. The highest BCUT2D eigenvalue weighted by Crippen LogP contribution is 2.50. The molecule has 0 bridgehead atoms. The number of methoxy groups -OCH3 is 3. The largest absolute Gasteiger partial charge is 0.493 e.